The predicted molar refractivity (Wildman–Crippen MR) is 63.9 cm³/mol. The summed E-state index contributed by atoms with van der Waals surface area (Å²) in [4.78, 5) is 0. The molecule has 2 N–H and O–H groups in total. The van der Waals surface area contributed by atoms with Crippen LogP contribution in [0.3, 0.4) is 0 Å². The van der Waals surface area contributed by atoms with E-state index in [9.17, 15) is 4.39 Å². The van der Waals surface area contributed by atoms with E-state index >= 15 is 0 Å². The molecular formula is C13H20FNO. The summed E-state index contributed by atoms with van der Waals surface area (Å²) in [5.74, 6) is -0.197. The molecule has 0 unspecified atom stereocenters. The number of halogens is 1. The SMILES string of the molecule is CC(C)(CCO)NCCc1ccc(F)cc1. The number of benzene rings is 1. The summed E-state index contributed by atoms with van der Waals surface area (Å²) in [6, 6.07) is 6.56. The Bertz CT molecular complexity index is 308. The van der Waals surface area contributed by atoms with E-state index in [0.29, 0.717) is 0 Å². The van der Waals surface area contributed by atoms with Crippen LogP contribution in [0.25, 0.3) is 0 Å². The Kier molecular flexibility index (Phi) is 4.90. The summed E-state index contributed by atoms with van der Waals surface area (Å²) >= 11 is 0. The van der Waals surface area contributed by atoms with Gasteiger partial charge in [-0.1, -0.05) is 12.1 Å². The van der Waals surface area contributed by atoms with Crippen LogP contribution in [0.5, 0.6) is 0 Å². The molecule has 0 bridgehead atoms. The summed E-state index contributed by atoms with van der Waals surface area (Å²) in [5, 5.41) is 12.2. The molecule has 0 heterocycles. The molecule has 3 heteroatoms. The molecule has 0 amide bonds. The number of nitrogens with one attached hydrogen (secondary N) is 1. The Morgan fingerprint density at radius 1 is 1.25 bits per heavy atom. The van der Waals surface area contributed by atoms with Gasteiger partial charge in [0.1, 0.15) is 5.82 Å². The first kappa shape index (κ1) is 13.1. The minimum absolute atomic E-state index is 0.0468. The third-order valence-corrected chi connectivity index (χ3v) is 2.67. The highest BCUT2D eigenvalue weighted by molar-refractivity contribution is 5.16. The molecular weight excluding hydrogens is 205 g/mol. The normalized spacial score (nSPS) is 11.8. The van der Waals surface area contributed by atoms with Crippen LogP contribution in [-0.2, 0) is 6.42 Å². The van der Waals surface area contributed by atoms with Crippen molar-refractivity contribution in [3.8, 4) is 0 Å². The molecule has 1 aromatic rings. The Hall–Kier alpha value is -0.930. The van der Waals surface area contributed by atoms with Gasteiger partial charge in [-0.05, 0) is 50.9 Å². The second-order valence-corrected chi connectivity index (χ2v) is 4.66. The summed E-state index contributed by atoms with van der Waals surface area (Å²) < 4.78 is 12.7. The molecule has 2 nitrogen and oxygen atoms in total. The van der Waals surface area contributed by atoms with Crippen molar-refractivity contribution in [2.75, 3.05) is 13.2 Å². The molecule has 0 saturated carbocycles. The van der Waals surface area contributed by atoms with E-state index in [0.717, 1.165) is 24.9 Å². The lowest BCUT2D eigenvalue weighted by atomic mass is 10.0. The van der Waals surface area contributed by atoms with E-state index < -0.39 is 0 Å². The number of hydrogen-bond acceptors (Lipinski definition) is 2. The molecule has 0 saturated heterocycles. The van der Waals surface area contributed by atoms with Crippen molar-refractivity contribution in [3.05, 3.63) is 35.6 Å². The zero-order valence-corrected chi connectivity index (χ0v) is 9.96. The molecule has 0 aliphatic heterocycles. The van der Waals surface area contributed by atoms with Crippen LogP contribution < -0.4 is 5.32 Å². The van der Waals surface area contributed by atoms with Crippen LogP contribution in [0, 0.1) is 5.82 Å². The summed E-state index contributed by atoms with van der Waals surface area (Å²) in [5.41, 5.74) is 1.07. The van der Waals surface area contributed by atoms with Gasteiger partial charge in [0, 0.05) is 12.1 Å². The molecule has 16 heavy (non-hydrogen) atoms. The quantitative estimate of drug-likeness (QED) is 0.777. The Morgan fingerprint density at radius 3 is 2.44 bits per heavy atom. The fourth-order valence-electron chi connectivity index (χ4n) is 1.56. The van der Waals surface area contributed by atoms with Gasteiger partial charge in [0.2, 0.25) is 0 Å². The van der Waals surface area contributed by atoms with Crippen LogP contribution in [0.4, 0.5) is 4.39 Å². The molecule has 0 radical (unpaired) electrons. The second-order valence-electron chi connectivity index (χ2n) is 4.66. The molecule has 1 rings (SSSR count). The van der Waals surface area contributed by atoms with Crippen molar-refractivity contribution in [2.45, 2.75) is 32.2 Å². The van der Waals surface area contributed by atoms with Crippen molar-refractivity contribution in [2.24, 2.45) is 0 Å². The van der Waals surface area contributed by atoms with Crippen molar-refractivity contribution in [3.63, 3.8) is 0 Å². The number of aliphatic hydroxyl groups is 1. The van der Waals surface area contributed by atoms with Gasteiger partial charge in [0.15, 0.2) is 0 Å². The molecule has 0 aliphatic rings. The van der Waals surface area contributed by atoms with Crippen molar-refractivity contribution in [1.82, 2.24) is 5.32 Å². The monoisotopic (exact) mass is 225 g/mol. The van der Waals surface area contributed by atoms with Crippen molar-refractivity contribution >= 4 is 0 Å². The third-order valence-electron chi connectivity index (χ3n) is 2.67. The van der Waals surface area contributed by atoms with E-state index in [1.165, 1.54) is 12.1 Å². The molecule has 0 atom stereocenters. The lowest BCUT2D eigenvalue weighted by Gasteiger charge is -2.25. The van der Waals surface area contributed by atoms with Gasteiger partial charge in [0.25, 0.3) is 0 Å². The standard InChI is InChI=1S/C13H20FNO/c1-13(2,8-10-16)15-9-7-11-3-5-12(14)6-4-11/h3-6,15-16H,7-10H2,1-2H3. The van der Waals surface area contributed by atoms with Gasteiger partial charge >= 0.3 is 0 Å². The summed E-state index contributed by atoms with van der Waals surface area (Å²) in [7, 11) is 0. The third kappa shape index (κ3) is 4.73. The largest absolute Gasteiger partial charge is 0.396 e. The van der Waals surface area contributed by atoms with Crippen LogP contribution in [0.15, 0.2) is 24.3 Å². The van der Waals surface area contributed by atoms with Gasteiger partial charge in [-0.25, -0.2) is 4.39 Å². The maximum atomic E-state index is 12.7. The van der Waals surface area contributed by atoms with Gasteiger partial charge in [0.05, 0.1) is 0 Å². The fourth-order valence-corrected chi connectivity index (χ4v) is 1.56. The Morgan fingerprint density at radius 2 is 1.88 bits per heavy atom. The number of aliphatic hydroxyl groups excluding tert-OH is 1. The van der Waals surface area contributed by atoms with Gasteiger partial charge in [-0.2, -0.15) is 0 Å². The highest BCUT2D eigenvalue weighted by atomic mass is 19.1. The molecule has 0 aliphatic carbocycles. The number of hydrogen-bond donors (Lipinski definition) is 2. The van der Waals surface area contributed by atoms with E-state index in [4.69, 9.17) is 5.11 Å². The van der Waals surface area contributed by atoms with E-state index in [1.54, 1.807) is 12.1 Å². The minimum Gasteiger partial charge on any atom is -0.396 e. The first-order valence-electron chi connectivity index (χ1n) is 5.64. The zero-order chi connectivity index (χ0) is 12.0. The van der Waals surface area contributed by atoms with E-state index in [2.05, 4.69) is 19.2 Å². The molecule has 0 spiro atoms. The highest BCUT2D eigenvalue weighted by Crippen LogP contribution is 2.08. The van der Waals surface area contributed by atoms with Crippen LogP contribution in [0.2, 0.25) is 0 Å². The fraction of sp³-hybridized carbons (Fsp3) is 0.538. The Labute approximate surface area is 96.5 Å². The lowest BCUT2D eigenvalue weighted by molar-refractivity contribution is 0.231. The van der Waals surface area contributed by atoms with Gasteiger partial charge < -0.3 is 10.4 Å². The topological polar surface area (TPSA) is 32.3 Å². The maximum absolute atomic E-state index is 12.7. The first-order chi connectivity index (χ1) is 7.53. The van der Waals surface area contributed by atoms with Crippen LogP contribution in [-0.4, -0.2) is 23.8 Å². The zero-order valence-electron chi connectivity index (χ0n) is 9.96. The molecule has 90 valence electrons. The smallest absolute Gasteiger partial charge is 0.123 e. The molecule has 0 aromatic heterocycles. The van der Waals surface area contributed by atoms with Crippen LogP contribution >= 0.6 is 0 Å². The van der Waals surface area contributed by atoms with E-state index in [1.807, 2.05) is 0 Å². The first-order valence-corrected chi connectivity index (χ1v) is 5.64. The van der Waals surface area contributed by atoms with Crippen LogP contribution in [0.1, 0.15) is 25.8 Å². The van der Waals surface area contributed by atoms with Crippen molar-refractivity contribution < 1.29 is 9.50 Å². The molecule has 1 aromatic carbocycles. The lowest BCUT2D eigenvalue weighted by Crippen LogP contribution is -2.41. The second kappa shape index (κ2) is 5.97. The number of rotatable bonds is 6. The average molecular weight is 225 g/mol. The van der Waals surface area contributed by atoms with E-state index in [-0.39, 0.29) is 18.0 Å². The summed E-state index contributed by atoms with van der Waals surface area (Å²) in [6.45, 7) is 5.15. The summed E-state index contributed by atoms with van der Waals surface area (Å²) in [6.07, 6.45) is 1.60. The highest BCUT2D eigenvalue weighted by Gasteiger charge is 2.14. The van der Waals surface area contributed by atoms with Gasteiger partial charge in [-0.15, -0.1) is 0 Å². The Balaban J connectivity index is 2.32. The average Bonchev–Trinajstić information content (AvgIpc) is 2.20. The van der Waals surface area contributed by atoms with Crippen molar-refractivity contribution in [1.29, 1.82) is 0 Å². The maximum Gasteiger partial charge on any atom is 0.123 e. The van der Waals surface area contributed by atoms with Gasteiger partial charge in [-0.3, -0.25) is 0 Å². The predicted octanol–water partition coefficient (Wildman–Crippen LogP) is 2.12. The molecule has 0 fully saturated rings. The minimum atomic E-state index is -0.197.